The molecular weight excluding hydrogens is 388 g/mol. The molecule has 0 unspecified atom stereocenters. The van der Waals surface area contributed by atoms with Crippen LogP contribution in [0.3, 0.4) is 0 Å². The monoisotopic (exact) mass is 402 g/mol. The Morgan fingerprint density at radius 1 is 1.11 bits per heavy atom. The van der Waals surface area contributed by atoms with Gasteiger partial charge in [-0.05, 0) is 30.3 Å². The van der Waals surface area contributed by atoms with Gasteiger partial charge in [0, 0.05) is 10.8 Å². The minimum absolute atomic E-state index is 0.142. The van der Waals surface area contributed by atoms with Crippen LogP contribution >= 0.6 is 23.4 Å². The standard InChI is InChI=1S/C18H15ClN4O3S/c19-13-5-4-8-15(11-13)25-12-16-20-21-17-23(16)22(9-10-27-17)18(24)26-14-6-2-1-3-7-14/h1-8,11H,9-10,12H2. The predicted octanol–water partition coefficient (Wildman–Crippen LogP) is 3.75. The third-order valence-corrected chi connectivity index (χ3v) is 4.91. The number of hydrogen-bond acceptors (Lipinski definition) is 6. The van der Waals surface area contributed by atoms with Crippen molar-refractivity contribution in [3.05, 3.63) is 65.4 Å². The van der Waals surface area contributed by atoms with E-state index in [2.05, 4.69) is 10.2 Å². The van der Waals surface area contributed by atoms with E-state index in [0.29, 0.717) is 39.8 Å². The summed E-state index contributed by atoms with van der Waals surface area (Å²) < 4.78 is 12.8. The molecule has 7 nitrogen and oxygen atoms in total. The maximum Gasteiger partial charge on any atom is 0.434 e. The summed E-state index contributed by atoms with van der Waals surface area (Å²) in [5, 5.41) is 11.0. The van der Waals surface area contributed by atoms with Gasteiger partial charge in [-0.3, -0.25) is 0 Å². The van der Waals surface area contributed by atoms with Crippen LogP contribution in [-0.4, -0.2) is 33.3 Å². The predicted molar refractivity (Wildman–Crippen MR) is 102 cm³/mol. The molecule has 138 valence electrons. The van der Waals surface area contributed by atoms with Crippen molar-refractivity contribution in [3.8, 4) is 11.5 Å². The molecule has 0 N–H and O–H groups in total. The molecule has 27 heavy (non-hydrogen) atoms. The molecule has 0 spiro atoms. The van der Waals surface area contributed by atoms with Crippen LogP contribution in [0.15, 0.2) is 59.8 Å². The first-order valence-corrected chi connectivity index (χ1v) is 9.57. The second kappa shape index (κ2) is 7.89. The van der Waals surface area contributed by atoms with Crippen molar-refractivity contribution < 1.29 is 14.3 Å². The van der Waals surface area contributed by atoms with Crippen LogP contribution in [0, 0.1) is 0 Å². The summed E-state index contributed by atoms with van der Waals surface area (Å²) in [5.41, 5.74) is 0. The number of halogens is 1. The van der Waals surface area contributed by atoms with Gasteiger partial charge in [0.05, 0.1) is 6.54 Å². The molecule has 0 fully saturated rings. The molecule has 2 heterocycles. The van der Waals surface area contributed by atoms with Crippen LogP contribution in [0.4, 0.5) is 4.79 Å². The number of rotatable bonds is 4. The molecule has 4 rings (SSSR count). The zero-order chi connectivity index (χ0) is 18.6. The molecular formula is C18H15ClN4O3S. The Hall–Kier alpha value is -2.71. The highest BCUT2D eigenvalue weighted by Gasteiger charge is 2.29. The van der Waals surface area contributed by atoms with Crippen LogP contribution in [0.5, 0.6) is 11.5 Å². The van der Waals surface area contributed by atoms with Gasteiger partial charge in [0.15, 0.2) is 5.82 Å². The third kappa shape index (κ3) is 4.01. The molecule has 9 heteroatoms. The van der Waals surface area contributed by atoms with E-state index in [1.807, 2.05) is 18.2 Å². The molecule has 1 amide bonds. The topological polar surface area (TPSA) is 69.5 Å². The van der Waals surface area contributed by atoms with Gasteiger partial charge >= 0.3 is 6.09 Å². The van der Waals surface area contributed by atoms with E-state index in [9.17, 15) is 4.79 Å². The van der Waals surface area contributed by atoms with Crippen molar-refractivity contribution in [2.75, 3.05) is 17.3 Å². The molecule has 1 aliphatic heterocycles. The molecule has 2 aromatic carbocycles. The Balaban J connectivity index is 1.53. The lowest BCUT2D eigenvalue weighted by Gasteiger charge is -2.28. The van der Waals surface area contributed by atoms with Gasteiger partial charge in [-0.15, -0.1) is 10.2 Å². The van der Waals surface area contributed by atoms with Gasteiger partial charge in [0.2, 0.25) is 5.16 Å². The van der Waals surface area contributed by atoms with Crippen molar-refractivity contribution in [3.63, 3.8) is 0 Å². The number of thioether (sulfide) groups is 1. The highest BCUT2D eigenvalue weighted by atomic mass is 35.5. The van der Waals surface area contributed by atoms with Crippen molar-refractivity contribution >= 4 is 29.5 Å². The van der Waals surface area contributed by atoms with Crippen LogP contribution < -0.4 is 14.5 Å². The molecule has 1 aliphatic rings. The zero-order valence-corrected chi connectivity index (χ0v) is 15.7. The van der Waals surface area contributed by atoms with E-state index in [-0.39, 0.29) is 6.61 Å². The molecule has 3 aromatic rings. The average molecular weight is 403 g/mol. The Kier molecular flexibility index (Phi) is 5.17. The van der Waals surface area contributed by atoms with Crippen molar-refractivity contribution in [1.82, 2.24) is 14.9 Å². The maximum absolute atomic E-state index is 12.7. The molecule has 0 atom stereocenters. The maximum atomic E-state index is 12.7. The third-order valence-electron chi connectivity index (χ3n) is 3.78. The Labute approximate surface area is 164 Å². The summed E-state index contributed by atoms with van der Waals surface area (Å²) in [6.07, 6.45) is -0.494. The first-order chi connectivity index (χ1) is 13.2. The number of benzene rings is 2. The van der Waals surface area contributed by atoms with E-state index in [1.54, 1.807) is 41.1 Å². The number of aromatic nitrogens is 3. The number of carbonyl (C=O) groups is 1. The van der Waals surface area contributed by atoms with Gasteiger partial charge in [-0.25, -0.2) is 14.5 Å². The summed E-state index contributed by atoms with van der Waals surface area (Å²) >= 11 is 7.50. The lowest BCUT2D eigenvalue weighted by atomic mass is 10.3. The summed E-state index contributed by atoms with van der Waals surface area (Å²) in [4.78, 5) is 12.7. The smallest absolute Gasteiger partial charge is 0.434 e. The summed E-state index contributed by atoms with van der Waals surface area (Å²) in [5.74, 6) is 2.30. The second-order valence-electron chi connectivity index (χ2n) is 5.61. The first kappa shape index (κ1) is 17.7. The first-order valence-electron chi connectivity index (χ1n) is 8.21. The fourth-order valence-corrected chi connectivity index (χ4v) is 3.61. The second-order valence-corrected chi connectivity index (χ2v) is 7.11. The SMILES string of the molecule is O=C(Oc1ccccc1)N1CCSc2nnc(COc3cccc(Cl)c3)n21. The van der Waals surface area contributed by atoms with E-state index in [0.717, 1.165) is 0 Å². The highest BCUT2D eigenvalue weighted by molar-refractivity contribution is 7.99. The van der Waals surface area contributed by atoms with Gasteiger partial charge in [0.25, 0.3) is 0 Å². The van der Waals surface area contributed by atoms with Crippen molar-refractivity contribution in [2.45, 2.75) is 11.8 Å². The Bertz CT molecular complexity index is 951. The van der Waals surface area contributed by atoms with Gasteiger partial charge in [-0.1, -0.05) is 47.6 Å². The van der Waals surface area contributed by atoms with Crippen LogP contribution in [0.25, 0.3) is 0 Å². The fourth-order valence-electron chi connectivity index (χ4n) is 2.56. The number of para-hydroxylation sites is 1. The minimum Gasteiger partial charge on any atom is -0.485 e. The van der Waals surface area contributed by atoms with Gasteiger partial charge < -0.3 is 9.47 Å². The molecule has 0 saturated heterocycles. The quantitative estimate of drug-likeness (QED) is 0.662. The van der Waals surface area contributed by atoms with Crippen LogP contribution in [0.1, 0.15) is 5.82 Å². The average Bonchev–Trinajstić information content (AvgIpc) is 3.10. The number of ether oxygens (including phenoxy) is 2. The van der Waals surface area contributed by atoms with E-state index in [1.165, 1.54) is 16.8 Å². The van der Waals surface area contributed by atoms with Crippen LogP contribution in [0.2, 0.25) is 5.02 Å². The van der Waals surface area contributed by atoms with Gasteiger partial charge in [-0.2, -0.15) is 0 Å². The number of hydrogen-bond donors (Lipinski definition) is 0. The van der Waals surface area contributed by atoms with Crippen molar-refractivity contribution in [1.29, 1.82) is 0 Å². The lowest BCUT2D eigenvalue weighted by molar-refractivity contribution is 0.198. The summed E-state index contributed by atoms with van der Waals surface area (Å²) in [6, 6.07) is 16.0. The zero-order valence-electron chi connectivity index (χ0n) is 14.1. The van der Waals surface area contributed by atoms with Crippen molar-refractivity contribution in [2.24, 2.45) is 0 Å². The van der Waals surface area contributed by atoms with E-state index in [4.69, 9.17) is 21.1 Å². The number of carbonyl (C=O) groups excluding carboxylic acids is 1. The summed E-state index contributed by atoms with van der Waals surface area (Å²) in [6.45, 7) is 0.620. The van der Waals surface area contributed by atoms with Crippen LogP contribution in [-0.2, 0) is 6.61 Å². The number of nitrogens with zero attached hydrogens (tertiary/aromatic N) is 4. The largest absolute Gasteiger partial charge is 0.485 e. The molecule has 0 bridgehead atoms. The van der Waals surface area contributed by atoms with E-state index >= 15 is 0 Å². The minimum atomic E-state index is -0.494. The molecule has 0 saturated carbocycles. The number of amides is 1. The highest BCUT2D eigenvalue weighted by Crippen LogP contribution is 2.24. The Morgan fingerprint density at radius 3 is 2.74 bits per heavy atom. The number of fused-ring (bicyclic) bond motifs is 1. The fraction of sp³-hybridized carbons (Fsp3) is 0.167. The molecule has 0 aliphatic carbocycles. The van der Waals surface area contributed by atoms with E-state index < -0.39 is 6.09 Å². The molecule has 0 radical (unpaired) electrons. The van der Waals surface area contributed by atoms with Gasteiger partial charge in [0.1, 0.15) is 18.1 Å². The summed E-state index contributed by atoms with van der Waals surface area (Å²) in [7, 11) is 0. The molecule has 1 aromatic heterocycles. The lowest BCUT2D eigenvalue weighted by Crippen LogP contribution is -2.47. The Morgan fingerprint density at radius 2 is 1.93 bits per heavy atom. The normalized spacial score (nSPS) is 13.1.